The van der Waals surface area contributed by atoms with Crippen LogP contribution in [0.2, 0.25) is 0 Å². The highest BCUT2D eigenvalue weighted by Gasteiger charge is 2.26. The van der Waals surface area contributed by atoms with Gasteiger partial charge in [-0.25, -0.2) is 4.79 Å². The largest absolute Gasteiger partial charge is 0.467 e. The number of fused-ring (bicyclic) bond motifs is 2. The van der Waals surface area contributed by atoms with Gasteiger partial charge in [0.25, 0.3) is 5.91 Å². The summed E-state index contributed by atoms with van der Waals surface area (Å²) in [6.07, 6.45) is 6.76. The summed E-state index contributed by atoms with van der Waals surface area (Å²) < 4.78 is 5.03. The minimum atomic E-state index is -0.787. The van der Waals surface area contributed by atoms with E-state index in [1.54, 1.807) is 0 Å². The minimum absolute atomic E-state index is 0.257. The lowest BCUT2D eigenvalue weighted by Crippen LogP contribution is -2.43. The second-order valence-electron chi connectivity index (χ2n) is 11.8. The van der Waals surface area contributed by atoms with Gasteiger partial charge in [-0.2, -0.15) is 0 Å². The van der Waals surface area contributed by atoms with Crippen molar-refractivity contribution >= 4 is 33.6 Å². The molecule has 6 heteroatoms. The molecule has 0 spiro atoms. The van der Waals surface area contributed by atoms with E-state index in [1.807, 2.05) is 42.6 Å². The molecule has 0 saturated heterocycles. The van der Waals surface area contributed by atoms with E-state index < -0.39 is 12.0 Å². The molecule has 6 rings (SSSR count). The number of nitrogens with one attached hydrogen (secondary N) is 3. The van der Waals surface area contributed by atoms with E-state index in [2.05, 4.69) is 77.1 Å². The maximum Gasteiger partial charge on any atom is 0.328 e. The Morgan fingerprint density at radius 3 is 2.47 bits per heavy atom. The summed E-state index contributed by atoms with van der Waals surface area (Å²) >= 11 is 0. The van der Waals surface area contributed by atoms with Gasteiger partial charge in [-0.05, 0) is 77.8 Å². The van der Waals surface area contributed by atoms with Gasteiger partial charge in [0.05, 0.1) is 7.11 Å². The molecular formula is C37H39N3O3. The van der Waals surface area contributed by atoms with Crippen molar-refractivity contribution in [3.05, 3.63) is 119 Å². The second kappa shape index (κ2) is 12.8. The zero-order chi connectivity index (χ0) is 29.8. The van der Waals surface area contributed by atoms with Crippen LogP contribution in [0.3, 0.4) is 0 Å². The van der Waals surface area contributed by atoms with Gasteiger partial charge in [0.15, 0.2) is 0 Å². The van der Waals surface area contributed by atoms with Gasteiger partial charge in [-0.3, -0.25) is 4.79 Å². The SMILES string of the molecule is COC(=O)[C@H](Cc1c[nH]c2ccccc12)NC(=O)c1ccc([C@H]2CCC[C@H](N[C@H](C)c3cccc4ccccc34)C2)cc1. The van der Waals surface area contributed by atoms with Crippen LogP contribution in [0.25, 0.3) is 21.7 Å². The van der Waals surface area contributed by atoms with Gasteiger partial charge < -0.3 is 20.4 Å². The molecule has 4 atom stereocenters. The molecule has 1 heterocycles. The third-order valence-electron chi connectivity index (χ3n) is 8.98. The standard InChI is InChI=1S/C37H39N3O3/c1-24(31-15-8-10-26-9-3-4-13-32(26)31)39-30-12-7-11-28(21-30)25-17-19-27(20-18-25)36(41)40-35(37(42)43-2)22-29-23-38-34-16-6-5-14-33(29)34/h3-6,8-10,13-20,23-24,28,30,35,38-39H,7,11-12,21-22H2,1-2H3,(H,40,41)/t24-,28+,30+,35+/m1/s1. The first-order chi connectivity index (χ1) is 21.0. The van der Waals surface area contributed by atoms with Gasteiger partial charge in [-0.15, -0.1) is 0 Å². The zero-order valence-corrected chi connectivity index (χ0v) is 24.8. The number of ether oxygens (including phenoxy) is 1. The Balaban J connectivity index is 1.09. The van der Waals surface area contributed by atoms with Gasteiger partial charge >= 0.3 is 5.97 Å². The number of hydrogen-bond donors (Lipinski definition) is 3. The number of benzene rings is 4. The normalized spacial score (nSPS) is 18.3. The van der Waals surface area contributed by atoms with Crippen LogP contribution in [0, 0.1) is 0 Å². The molecule has 4 aromatic carbocycles. The Hall–Kier alpha value is -4.42. The van der Waals surface area contributed by atoms with E-state index in [4.69, 9.17) is 4.74 Å². The number of carbonyl (C=O) groups excluding carboxylic acids is 2. The number of hydrogen-bond acceptors (Lipinski definition) is 4. The highest BCUT2D eigenvalue weighted by Crippen LogP contribution is 2.35. The monoisotopic (exact) mass is 573 g/mol. The molecule has 1 aliphatic rings. The van der Waals surface area contributed by atoms with Crippen molar-refractivity contribution in [2.45, 2.75) is 63.1 Å². The lowest BCUT2D eigenvalue weighted by molar-refractivity contribution is -0.142. The smallest absolute Gasteiger partial charge is 0.328 e. The number of esters is 1. The van der Waals surface area contributed by atoms with Crippen molar-refractivity contribution in [3.63, 3.8) is 0 Å². The average Bonchev–Trinajstić information content (AvgIpc) is 3.46. The minimum Gasteiger partial charge on any atom is -0.467 e. The third-order valence-corrected chi connectivity index (χ3v) is 8.98. The van der Waals surface area contributed by atoms with Gasteiger partial charge in [0, 0.05) is 41.2 Å². The number of aromatic nitrogens is 1. The van der Waals surface area contributed by atoms with Crippen molar-refractivity contribution in [3.8, 4) is 0 Å². The topological polar surface area (TPSA) is 83.2 Å². The van der Waals surface area contributed by atoms with Gasteiger partial charge in [0.2, 0.25) is 0 Å². The summed E-state index contributed by atoms with van der Waals surface area (Å²) in [7, 11) is 1.35. The Labute approximate surface area is 252 Å². The maximum absolute atomic E-state index is 13.2. The Kier molecular flexibility index (Phi) is 8.57. The number of H-pyrrole nitrogens is 1. The number of para-hydroxylation sites is 1. The van der Waals surface area contributed by atoms with Crippen molar-refractivity contribution < 1.29 is 14.3 Å². The highest BCUT2D eigenvalue weighted by molar-refractivity contribution is 5.97. The highest BCUT2D eigenvalue weighted by atomic mass is 16.5. The second-order valence-corrected chi connectivity index (χ2v) is 11.8. The van der Waals surface area contributed by atoms with Crippen LogP contribution in [-0.2, 0) is 16.0 Å². The van der Waals surface area contributed by atoms with Crippen LogP contribution >= 0.6 is 0 Å². The van der Waals surface area contributed by atoms with Crippen molar-refractivity contribution in [2.24, 2.45) is 0 Å². The van der Waals surface area contributed by atoms with Gasteiger partial charge in [0.1, 0.15) is 6.04 Å². The molecule has 3 N–H and O–H groups in total. The van der Waals surface area contributed by atoms with Crippen LogP contribution < -0.4 is 10.6 Å². The van der Waals surface area contributed by atoms with E-state index in [1.165, 1.54) is 35.4 Å². The van der Waals surface area contributed by atoms with Crippen molar-refractivity contribution in [1.29, 1.82) is 0 Å². The molecule has 0 bridgehead atoms. The van der Waals surface area contributed by atoms with E-state index >= 15 is 0 Å². The molecule has 0 radical (unpaired) electrons. The Morgan fingerprint density at radius 2 is 1.65 bits per heavy atom. The summed E-state index contributed by atoms with van der Waals surface area (Å²) in [6, 6.07) is 30.8. The van der Waals surface area contributed by atoms with Crippen molar-refractivity contribution in [1.82, 2.24) is 15.6 Å². The Morgan fingerprint density at radius 1 is 0.907 bits per heavy atom. The molecule has 1 aliphatic carbocycles. The van der Waals surface area contributed by atoms with Gasteiger partial charge in [-0.1, -0.05) is 79.2 Å². The first kappa shape index (κ1) is 28.7. The van der Waals surface area contributed by atoms with Crippen LogP contribution in [0.15, 0.2) is 97.2 Å². The van der Waals surface area contributed by atoms with E-state index in [-0.39, 0.29) is 11.9 Å². The number of amides is 1. The summed E-state index contributed by atoms with van der Waals surface area (Å²) in [5.41, 5.74) is 5.07. The first-order valence-corrected chi connectivity index (χ1v) is 15.3. The van der Waals surface area contributed by atoms with Crippen LogP contribution in [-0.4, -0.2) is 36.1 Å². The quantitative estimate of drug-likeness (QED) is 0.163. The number of rotatable bonds is 9. The first-order valence-electron chi connectivity index (χ1n) is 15.3. The van der Waals surface area contributed by atoms with E-state index in [0.717, 1.165) is 35.7 Å². The van der Waals surface area contributed by atoms with Crippen LogP contribution in [0.5, 0.6) is 0 Å². The molecule has 5 aromatic rings. The lowest BCUT2D eigenvalue weighted by atomic mass is 9.80. The lowest BCUT2D eigenvalue weighted by Gasteiger charge is -2.32. The fraction of sp³-hybridized carbons (Fsp3) is 0.297. The van der Waals surface area contributed by atoms with E-state index in [9.17, 15) is 9.59 Å². The molecule has 1 amide bonds. The number of aromatic amines is 1. The summed E-state index contributed by atoms with van der Waals surface area (Å²) in [6.45, 7) is 2.26. The fourth-order valence-electron chi connectivity index (χ4n) is 6.72. The number of methoxy groups -OCH3 is 1. The summed E-state index contributed by atoms with van der Waals surface area (Å²) in [4.78, 5) is 29.1. The molecule has 0 aliphatic heterocycles. The molecule has 6 nitrogen and oxygen atoms in total. The summed E-state index contributed by atoms with van der Waals surface area (Å²) in [5, 5.41) is 10.4. The molecule has 43 heavy (non-hydrogen) atoms. The molecule has 1 fully saturated rings. The van der Waals surface area contributed by atoms with Crippen LogP contribution in [0.1, 0.15) is 71.6 Å². The zero-order valence-electron chi connectivity index (χ0n) is 24.8. The Bertz CT molecular complexity index is 1720. The van der Waals surface area contributed by atoms with E-state index in [0.29, 0.717) is 23.9 Å². The number of carbonyl (C=O) groups is 2. The third kappa shape index (κ3) is 6.35. The van der Waals surface area contributed by atoms with Crippen molar-refractivity contribution in [2.75, 3.05) is 7.11 Å². The van der Waals surface area contributed by atoms with Crippen LogP contribution in [0.4, 0.5) is 0 Å². The summed E-state index contributed by atoms with van der Waals surface area (Å²) in [5.74, 6) is -0.310. The molecular weight excluding hydrogens is 534 g/mol. The predicted octanol–water partition coefficient (Wildman–Crippen LogP) is 7.21. The average molecular weight is 574 g/mol. The maximum atomic E-state index is 13.2. The molecule has 220 valence electrons. The molecule has 1 saturated carbocycles. The molecule has 0 unspecified atom stereocenters. The molecule has 1 aromatic heterocycles. The fourth-order valence-corrected chi connectivity index (χ4v) is 6.72. The predicted molar refractivity (Wildman–Crippen MR) is 172 cm³/mol.